The Balaban J connectivity index is 2.37. The number of methoxy groups -OCH3 is 1. The van der Waals surface area contributed by atoms with Gasteiger partial charge in [0.25, 0.3) is 0 Å². The van der Waals surface area contributed by atoms with Gasteiger partial charge in [0, 0.05) is 5.56 Å². The molecule has 0 saturated carbocycles. The van der Waals surface area contributed by atoms with Crippen LogP contribution in [0.3, 0.4) is 0 Å². The first-order chi connectivity index (χ1) is 7.35. The number of hydrogen-bond donors (Lipinski definition) is 1. The van der Waals surface area contributed by atoms with Gasteiger partial charge >= 0.3 is 0 Å². The molecule has 1 heterocycles. The molecule has 0 aliphatic heterocycles. The number of hydrogen-bond acceptors (Lipinski definition) is 4. The van der Waals surface area contributed by atoms with Crippen LogP contribution < -0.4 is 10.5 Å². The van der Waals surface area contributed by atoms with Crippen LogP contribution in [0.2, 0.25) is 0 Å². The summed E-state index contributed by atoms with van der Waals surface area (Å²) in [6.07, 6.45) is 1.40. The van der Waals surface area contributed by atoms with Gasteiger partial charge in [-0.25, -0.2) is 4.98 Å². The van der Waals surface area contributed by atoms with Gasteiger partial charge < -0.3 is 14.9 Å². The second-order valence-corrected chi connectivity index (χ2v) is 3.06. The number of nitrogens with two attached hydrogens (primary N) is 1. The molecule has 0 fully saturated rings. The van der Waals surface area contributed by atoms with Gasteiger partial charge in [-0.2, -0.15) is 0 Å². The van der Waals surface area contributed by atoms with Crippen molar-refractivity contribution in [3.05, 3.63) is 36.4 Å². The monoisotopic (exact) mass is 204 g/mol. The third-order valence-electron chi connectivity index (χ3n) is 2.19. The standard InChI is InChI=1S/C11H12N2O2/c1-14-9-4-2-8(3-5-9)11-10(6-12)15-7-13-11/h2-5,7H,6,12H2,1H3. The maximum Gasteiger partial charge on any atom is 0.181 e. The summed E-state index contributed by atoms with van der Waals surface area (Å²) in [5.41, 5.74) is 7.30. The van der Waals surface area contributed by atoms with Crippen molar-refractivity contribution in [3.63, 3.8) is 0 Å². The first-order valence-electron chi connectivity index (χ1n) is 4.62. The van der Waals surface area contributed by atoms with E-state index in [0.29, 0.717) is 12.3 Å². The molecule has 2 N–H and O–H groups in total. The Morgan fingerprint density at radius 1 is 1.33 bits per heavy atom. The van der Waals surface area contributed by atoms with E-state index >= 15 is 0 Å². The SMILES string of the molecule is COc1ccc(-c2ncoc2CN)cc1. The predicted molar refractivity (Wildman–Crippen MR) is 56.4 cm³/mol. The van der Waals surface area contributed by atoms with Gasteiger partial charge in [0.2, 0.25) is 0 Å². The molecule has 0 unspecified atom stereocenters. The zero-order chi connectivity index (χ0) is 10.7. The molecular formula is C11H12N2O2. The Hall–Kier alpha value is -1.81. The highest BCUT2D eigenvalue weighted by molar-refractivity contribution is 5.61. The lowest BCUT2D eigenvalue weighted by Gasteiger charge is -2.01. The molecule has 2 rings (SSSR count). The lowest BCUT2D eigenvalue weighted by Crippen LogP contribution is -1.96. The fourth-order valence-electron chi connectivity index (χ4n) is 1.40. The Morgan fingerprint density at radius 3 is 2.67 bits per heavy atom. The van der Waals surface area contributed by atoms with Gasteiger partial charge in [0.05, 0.1) is 13.7 Å². The van der Waals surface area contributed by atoms with E-state index in [2.05, 4.69) is 4.98 Å². The van der Waals surface area contributed by atoms with E-state index in [1.165, 1.54) is 6.39 Å². The number of benzene rings is 1. The number of ether oxygens (including phenoxy) is 1. The molecule has 0 aliphatic carbocycles. The lowest BCUT2D eigenvalue weighted by atomic mass is 10.1. The minimum Gasteiger partial charge on any atom is -0.497 e. The lowest BCUT2D eigenvalue weighted by molar-refractivity contribution is 0.415. The predicted octanol–water partition coefficient (Wildman–Crippen LogP) is 1.81. The van der Waals surface area contributed by atoms with Gasteiger partial charge in [0.15, 0.2) is 6.39 Å². The molecule has 2 aromatic rings. The van der Waals surface area contributed by atoms with Crippen LogP contribution >= 0.6 is 0 Å². The largest absolute Gasteiger partial charge is 0.497 e. The molecule has 0 amide bonds. The molecule has 1 aromatic carbocycles. The minimum atomic E-state index is 0.349. The van der Waals surface area contributed by atoms with Crippen LogP contribution in [-0.4, -0.2) is 12.1 Å². The summed E-state index contributed by atoms with van der Waals surface area (Å²) in [6.45, 7) is 0.349. The summed E-state index contributed by atoms with van der Waals surface area (Å²) < 4.78 is 10.2. The normalized spacial score (nSPS) is 10.3. The van der Waals surface area contributed by atoms with E-state index in [1.807, 2.05) is 24.3 Å². The van der Waals surface area contributed by atoms with Gasteiger partial charge in [-0.05, 0) is 24.3 Å². The van der Waals surface area contributed by atoms with Crippen molar-refractivity contribution in [2.45, 2.75) is 6.54 Å². The molecule has 4 nitrogen and oxygen atoms in total. The van der Waals surface area contributed by atoms with Crippen molar-refractivity contribution in [1.82, 2.24) is 4.98 Å². The number of oxazole rings is 1. The fourth-order valence-corrected chi connectivity index (χ4v) is 1.40. The van der Waals surface area contributed by atoms with Gasteiger partial charge in [-0.1, -0.05) is 0 Å². The average molecular weight is 204 g/mol. The fraction of sp³-hybridized carbons (Fsp3) is 0.182. The van der Waals surface area contributed by atoms with Crippen LogP contribution in [0.25, 0.3) is 11.3 Å². The molecule has 0 bridgehead atoms. The van der Waals surface area contributed by atoms with Crippen molar-refractivity contribution in [2.24, 2.45) is 5.73 Å². The summed E-state index contributed by atoms with van der Waals surface area (Å²) in [4.78, 5) is 4.13. The maximum atomic E-state index is 5.53. The van der Waals surface area contributed by atoms with Crippen LogP contribution in [0.1, 0.15) is 5.76 Å². The molecule has 4 heteroatoms. The Labute approximate surface area is 87.7 Å². The smallest absolute Gasteiger partial charge is 0.181 e. The molecule has 0 saturated heterocycles. The molecule has 0 spiro atoms. The van der Waals surface area contributed by atoms with Crippen LogP contribution in [0, 0.1) is 0 Å². The first kappa shape index (κ1) is 9.73. The topological polar surface area (TPSA) is 61.3 Å². The minimum absolute atomic E-state index is 0.349. The second kappa shape index (κ2) is 4.14. The van der Waals surface area contributed by atoms with Crippen LogP contribution in [0.4, 0.5) is 0 Å². The van der Waals surface area contributed by atoms with Crippen LogP contribution in [0.15, 0.2) is 35.1 Å². The summed E-state index contributed by atoms with van der Waals surface area (Å²) in [6, 6.07) is 7.61. The van der Waals surface area contributed by atoms with Gasteiger partial charge in [0.1, 0.15) is 17.2 Å². The van der Waals surface area contributed by atoms with E-state index in [4.69, 9.17) is 14.9 Å². The molecule has 1 aromatic heterocycles. The van der Waals surface area contributed by atoms with E-state index in [9.17, 15) is 0 Å². The third kappa shape index (κ3) is 1.85. The van der Waals surface area contributed by atoms with E-state index in [1.54, 1.807) is 7.11 Å². The second-order valence-electron chi connectivity index (χ2n) is 3.06. The molecule has 0 atom stereocenters. The van der Waals surface area contributed by atoms with Crippen molar-refractivity contribution >= 4 is 0 Å². The number of nitrogens with zero attached hydrogens (tertiary/aromatic N) is 1. The van der Waals surface area contributed by atoms with E-state index in [0.717, 1.165) is 17.0 Å². The third-order valence-corrected chi connectivity index (χ3v) is 2.19. The van der Waals surface area contributed by atoms with Crippen molar-refractivity contribution in [3.8, 4) is 17.0 Å². The maximum absolute atomic E-state index is 5.53. The summed E-state index contributed by atoms with van der Waals surface area (Å²) in [5.74, 6) is 1.51. The van der Waals surface area contributed by atoms with Gasteiger partial charge in [-0.15, -0.1) is 0 Å². The average Bonchev–Trinajstić information content (AvgIpc) is 2.77. The van der Waals surface area contributed by atoms with E-state index < -0.39 is 0 Å². The molecule has 15 heavy (non-hydrogen) atoms. The number of rotatable bonds is 3. The van der Waals surface area contributed by atoms with Crippen molar-refractivity contribution in [2.75, 3.05) is 7.11 Å². The molecule has 0 aliphatic rings. The van der Waals surface area contributed by atoms with Gasteiger partial charge in [-0.3, -0.25) is 0 Å². The highest BCUT2D eigenvalue weighted by Crippen LogP contribution is 2.23. The van der Waals surface area contributed by atoms with Crippen molar-refractivity contribution in [1.29, 1.82) is 0 Å². The zero-order valence-electron chi connectivity index (χ0n) is 8.43. The Bertz CT molecular complexity index is 434. The van der Waals surface area contributed by atoms with Crippen molar-refractivity contribution < 1.29 is 9.15 Å². The summed E-state index contributed by atoms with van der Waals surface area (Å²) in [7, 11) is 1.64. The Morgan fingerprint density at radius 2 is 2.07 bits per heavy atom. The summed E-state index contributed by atoms with van der Waals surface area (Å²) in [5, 5.41) is 0. The zero-order valence-corrected chi connectivity index (χ0v) is 8.43. The summed E-state index contributed by atoms with van der Waals surface area (Å²) >= 11 is 0. The van der Waals surface area contributed by atoms with Crippen LogP contribution in [0.5, 0.6) is 5.75 Å². The quantitative estimate of drug-likeness (QED) is 0.828. The highest BCUT2D eigenvalue weighted by Gasteiger charge is 2.08. The first-order valence-corrected chi connectivity index (χ1v) is 4.62. The Kier molecular flexibility index (Phi) is 2.69. The van der Waals surface area contributed by atoms with E-state index in [-0.39, 0.29) is 0 Å². The molecule has 0 radical (unpaired) electrons. The molecular weight excluding hydrogens is 192 g/mol. The number of aromatic nitrogens is 1. The highest BCUT2D eigenvalue weighted by atomic mass is 16.5. The van der Waals surface area contributed by atoms with Crippen LogP contribution in [-0.2, 0) is 6.54 Å². The molecule has 78 valence electrons.